The smallest absolute Gasteiger partial charge is 0.254 e. The van der Waals surface area contributed by atoms with Gasteiger partial charge in [0.15, 0.2) is 0 Å². The lowest BCUT2D eigenvalue weighted by Crippen LogP contribution is -2.34. The van der Waals surface area contributed by atoms with Gasteiger partial charge in [-0.15, -0.1) is 0 Å². The number of rotatable bonds is 4. The fourth-order valence-corrected chi connectivity index (χ4v) is 2.35. The number of hydrogen-bond donors (Lipinski definition) is 0. The summed E-state index contributed by atoms with van der Waals surface area (Å²) in [5.41, 5.74) is 1.71. The van der Waals surface area contributed by atoms with Crippen molar-refractivity contribution in [3.8, 4) is 6.07 Å². The molecule has 94 valence electrons. The van der Waals surface area contributed by atoms with E-state index in [0.717, 1.165) is 28.4 Å². The summed E-state index contributed by atoms with van der Waals surface area (Å²) in [5.74, 6) is 0.0477. The largest absolute Gasteiger partial charge is 0.335 e. The number of hydrogen-bond acceptors (Lipinski definition) is 2. The van der Waals surface area contributed by atoms with Crippen LogP contribution in [0.25, 0.3) is 0 Å². The van der Waals surface area contributed by atoms with Gasteiger partial charge in [0.05, 0.1) is 12.5 Å². The highest BCUT2D eigenvalue weighted by molar-refractivity contribution is 9.10. The van der Waals surface area contributed by atoms with E-state index in [-0.39, 0.29) is 5.91 Å². The number of nitriles is 1. The molecule has 3 nitrogen and oxygen atoms in total. The molecule has 18 heavy (non-hydrogen) atoms. The molecule has 1 saturated carbocycles. The molecule has 0 bridgehead atoms. The molecule has 0 heterocycles. The van der Waals surface area contributed by atoms with Gasteiger partial charge in [0.2, 0.25) is 0 Å². The third kappa shape index (κ3) is 2.91. The molecule has 4 heteroatoms. The Bertz CT molecular complexity index is 503. The monoisotopic (exact) mass is 306 g/mol. The lowest BCUT2D eigenvalue weighted by atomic mass is 10.1. The van der Waals surface area contributed by atoms with Crippen LogP contribution in [0.1, 0.15) is 35.2 Å². The number of carbonyl (C=O) groups excluding carboxylic acids is 1. The predicted molar refractivity (Wildman–Crippen MR) is 73.2 cm³/mol. The second kappa shape index (κ2) is 5.53. The molecule has 1 aliphatic carbocycles. The summed E-state index contributed by atoms with van der Waals surface area (Å²) in [6.07, 6.45) is 2.52. The normalized spacial score (nSPS) is 14.1. The quantitative estimate of drug-likeness (QED) is 0.857. The van der Waals surface area contributed by atoms with Crippen molar-refractivity contribution in [3.63, 3.8) is 0 Å². The number of halogens is 1. The van der Waals surface area contributed by atoms with Crippen LogP contribution in [0.15, 0.2) is 22.7 Å². The molecule has 1 fully saturated rings. The van der Waals surface area contributed by atoms with Gasteiger partial charge in [-0.3, -0.25) is 4.79 Å². The Morgan fingerprint density at radius 2 is 2.28 bits per heavy atom. The third-order valence-electron chi connectivity index (χ3n) is 3.14. The number of aryl methyl sites for hydroxylation is 1. The lowest BCUT2D eigenvalue weighted by Gasteiger charge is -2.22. The van der Waals surface area contributed by atoms with Crippen molar-refractivity contribution >= 4 is 21.8 Å². The first-order valence-corrected chi connectivity index (χ1v) is 6.87. The molecule has 0 aromatic heterocycles. The maximum atomic E-state index is 12.5. The van der Waals surface area contributed by atoms with E-state index in [0.29, 0.717) is 19.0 Å². The third-order valence-corrected chi connectivity index (χ3v) is 3.64. The minimum Gasteiger partial charge on any atom is -0.335 e. The Balaban J connectivity index is 2.22. The maximum absolute atomic E-state index is 12.5. The van der Waals surface area contributed by atoms with Crippen LogP contribution in [0.2, 0.25) is 0 Å². The van der Waals surface area contributed by atoms with Gasteiger partial charge in [-0.05, 0) is 37.5 Å². The van der Waals surface area contributed by atoms with E-state index in [4.69, 9.17) is 5.26 Å². The average molecular weight is 307 g/mol. The van der Waals surface area contributed by atoms with Crippen molar-refractivity contribution in [2.24, 2.45) is 0 Å². The molecule has 0 aliphatic heterocycles. The second-order valence-corrected chi connectivity index (χ2v) is 5.51. The number of benzene rings is 1. The van der Waals surface area contributed by atoms with E-state index in [1.54, 1.807) is 0 Å². The highest BCUT2D eigenvalue weighted by Crippen LogP contribution is 2.29. The molecule has 0 unspecified atom stereocenters. The molecule has 1 aliphatic rings. The predicted octanol–water partition coefficient (Wildman–Crippen LogP) is 3.28. The van der Waals surface area contributed by atoms with Crippen molar-refractivity contribution in [2.75, 3.05) is 6.54 Å². The van der Waals surface area contributed by atoms with E-state index in [9.17, 15) is 4.79 Å². The Hall–Kier alpha value is -1.34. The molecule has 0 radical (unpaired) electrons. The average Bonchev–Trinajstić information content (AvgIpc) is 3.17. The first-order chi connectivity index (χ1) is 8.63. The van der Waals surface area contributed by atoms with E-state index in [1.165, 1.54) is 0 Å². The van der Waals surface area contributed by atoms with Crippen molar-refractivity contribution < 1.29 is 4.79 Å². The molecule has 2 rings (SSSR count). The zero-order valence-electron chi connectivity index (χ0n) is 10.3. The molecular formula is C14H15BrN2O. The van der Waals surface area contributed by atoms with Gasteiger partial charge in [0, 0.05) is 22.6 Å². The summed E-state index contributed by atoms with van der Waals surface area (Å²) in [6.45, 7) is 2.47. The Morgan fingerprint density at radius 1 is 1.56 bits per heavy atom. The number of amides is 1. The zero-order chi connectivity index (χ0) is 13.1. The highest BCUT2D eigenvalue weighted by atomic mass is 79.9. The minimum absolute atomic E-state index is 0.0477. The van der Waals surface area contributed by atoms with Crippen LogP contribution >= 0.6 is 15.9 Å². The van der Waals surface area contributed by atoms with Gasteiger partial charge in [0.1, 0.15) is 0 Å². The maximum Gasteiger partial charge on any atom is 0.254 e. The van der Waals surface area contributed by atoms with Gasteiger partial charge in [0.25, 0.3) is 5.91 Å². The Labute approximate surface area is 116 Å². The minimum atomic E-state index is 0.0477. The zero-order valence-corrected chi connectivity index (χ0v) is 11.9. The topological polar surface area (TPSA) is 44.1 Å². The summed E-state index contributed by atoms with van der Waals surface area (Å²) < 4.78 is 0.910. The van der Waals surface area contributed by atoms with Crippen molar-refractivity contribution in [1.29, 1.82) is 5.26 Å². The van der Waals surface area contributed by atoms with Crippen LogP contribution < -0.4 is 0 Å². The molecule has 1 aromatic rings. The SMILES string of the molecule is Cc1ccc(Br)cc1C(=O)N(CCC#N)C1CC1. The molecular weight excluding hydrogens is 292 g/mol. The van der Waals surface area contributed by atoms with Crippen LogP contribution in [0.5, 0.6) is 0 Å². The van der Waals surface area contributed by atoms with Gasteiger partial charge in [-0.1, -0.05) is 22.0 Å². The fourth-order valence-electron chi connectivity index (χ4n) is 1.99. The highest BCUT2D eigenvalue weighted by Gasteiger charge is 2.33. The summed E-state index contributed by atoms with van der Waals surface area (Å²) in [5, 5.41) is 8.67. The number of nitrogens with zero attached hydrogens (tertiary/aromatic N) is 2. The standard InChI is InChI=1S/C14H15BrN2O/c1-10-3-4-11(15)9-13(10)14(18)17(8-2-7-16)12-5-6-12/h3-4,9,12H,2,5-6,8H2,1H3. The molecule has 0 spiro atoms. The van der Waals surface area contributed by atoms with E-state index in [1.807, 2.05) is 30.0 Å². The van der Waals surface area contributed by atoms with Gasteiger partial charge >= 0.3 is 0 Å². The summed E-state index contributed by atoms with van der Waals surface area (Å²) in [6, 6.07) is 8.18. The van der Waals surface area contributed by atoms with Crippen molar-refractivity contribution in [2.45, 2.75) is 32.2 Å². The first kappa shape index (κ1) is 13.1. The van der Waals surface area contributed by atoms with Crippen molar-refractivity contribution in [1.82, 2.24) is 4.90 Å². The Kier molecular flexibility index (Phi) is 4.03. The molecule has 0 N–H and O–H groups in total. The molecule has 1 aromatic carbocycles. The van der Waals surface area contributed by atoms with Crippen LogP contribution in [0.4, 0.5) is 0 Å². The second-order valence-electron chi connectivity index (χ2n) is 4.60. The Morgan fingerprint density at radius 3 is 2.89 bits per heavy atom. The first-order valence-electron chi connectivity index (χ1n) is 6.07. The van der Waals surface area contributed by atoms with Gasteiger partial charge in [-0.25, -0.2) is 0 Å². The van der Waals surface area contributed by atoms with Crippen LogP contribution in [-0.4, -0.2) is 23.4 Å². The molecule has 1 amide bonds. The number of carbonyl (C=O) groups is 1. The van der Waals surface area contributed by atoms with Gasteiger partial charge in [-0.2, -0.15) is 5.26 Å². The van der Waals surface area contributed by atoms with Gasteiger partial charge < -0.3 is 4.90 Å². The molecule has 0 saturated heterocycles. The van der Waals surface area contributed by atoms with Crippen LogP contribution in [-0.2, 0) is 0 Å². The molecule has 0 atom stereocenters. The van der Waals surface area contributed by atoms with Crippen LogP contribution in [0.3, 0.4) is 0 Å². The van der Waals surface area contributed by atoms with Crippen LogP contribution in [0, 0.1) is 18.3 Å². The summed E-state index contributed by atoms with van der Waals surface area (Å²) >= 11 is 3.40. The summed E-state index contributed by atoms with van der Waals surface area (Å²) in [7, 11) is 0. The summed E-state index contributed by atoms with van der Waals surface area (Å²) in [4.78, 5) is 14.3. The fraction of sp³-hybridized carbons (Fsp3) is 0.429. The van der Waals surface area contributed by atoms with E-state index in [2.05, 4.69) is 22.0 Å². The lowest BCUT2D eigenvalue weighted by molar-refractivity contribution is 0.0746. The van der Waals surface area contributed by atoms with Crippen molar-refractivity contribution in [3.05, 3.63) is 33.8 Å². The van der Waals surface area contributed by atoms with E-state index < -0.39 is 0 Å². The van der Waals surface area contributed by atoms with E-state index >= 15 is 0 Å².